The maximum atomic E-state index is 12.3. The quantitative estimate of drug-likeness (QED) is 0.861. The highest BCUT2D eigenvalue weighted by molar-refractivity contribution is 7.90. The van der Waals surface area contributed by atoms with Crippen molar-refractivity contribution in [3.63, 3.8) is 0 Å². The number of hydrogen-bond acceptors (Lipinski definition) is 4. The molecule has 2 rings (SSSR count). The molecule has 0 fully saturated rings. The summed E-state index contributed by atoms with van der Waals surface area (Å²) < 4.78 is 28.1. The zero-order valence-electron chi connectivity index (χ0n) is 12.4. The maximum absolute atomic E-state index is 12.3. The van der Waals surface area contributed by atoms with Crippen LogP contribution in [0, 0.1) is 12.8 Å². The van der Waals surface area contributed by atoms with Gasteiger partial charge in [0.25, 0.3) is 10.0 Å². The number of aryl methyl sites for hydroxylation is 2. The predicted octanol–water partition coefficient (Wildman–Crippen LogP) is 1.67. The van der Waals surface area contributed by atoms with Crippen molar-refractivity contribution in [2.75, 3.05) is 0 Å². The Morgan fingerprint density at radius 2 is 2.05 bits per heavy atom. The third kappa shape index (κ3) is 3.72. The van der Waals surface area contributed by atoms with Gasteiger partial charge in [0, 0.05) is 18.5 Å². The second-order valence-corrected chi connectivity index (χ2v) is 7.00. The summed E-state index contributed by atoms with van der Waals surface area (Å²) in [4.78, 5) is 12.3. The Morgan fingerprint density at radius 1 is 1.33 bits per heavy atom. The van der Waals surface area contributed by atoms with Crippen LogP contribution in [0.15, 0.2) is 23.4 Å². The Bertz CT molecular complexity index is 627. The summed E-state index contributed by atoms with van der Waals surface area (Å²) in [6.07, 6.45) is 9.70. The van der Waals surface area contributed by atoms with E-state index in [1.165, 1.54) is 10.9 Å². The van der Waals surface area contributed by atoms with Crippen LogP contribution < -0.4 is 4.72 Å². The molecule has 0 saturated carbocycles. The normalized spacial score (nSPS) is 21.3. The van der Waals surface area contributed by atoms with Gasteiger partial charge in [-0.1, -0.05) is 12.2 Å². The highest BCUT2D eigenvalue weighted by Gasteiger charge is 2.27. The van der Waals surface area contributed by atoms with Gasteiger partial charge in [-0.25, -0.2) is 4.72 Å². The van der Waals surface area contributed by atoms with E-state index in [1.54, 1.807) is 14.0 Å². The minimum Gasteiger partial charge on any atom is -0.274 e. The summed E-state index contributed by atoms with van der Waals surface area (Å²) in [7, 11) is -2.32. The van der Waals surface area contributed by atoms with Crippen molar-refractivity contribution in [1.29, 1.82) is 0 Å². The SMILES string of the molecule is Cc1cnn(C)c1S(=O)(=O)NC(=O)C1CC/C=C\CCC1. The average Bonchev–Trinajstić information content (AvgIpc) is 2.68. The van der Waals surface area contributed by atoms with E-state index in [4.69, 9.17) is 0 Å². The topological polar surface area (TPSA) is 81.1 Å². The van der Waals surface area contributed by atoms with Gasteiger partial charge in [0.1, 0.15) is 0 Å². The van der Waals surface area contributed by atoms with Gasteiger partial charge in [-0.3, -0.25) is 9.48 Å². The van der Waals surface area contributed by atoms with Crippen molar-refractivity contribution in [2.45, 2.75) is 44.1 Å². The molecule has 116 valence electrons. The van der Waals surface area contributed by atoms with Crippen molar-refractivity contribution in [3.05, 3.63) is 23.9 Å². The van der Waals surface area contributed by atoms with Crippen LogP contribution in [0.25, 0.3) is 0 Å². The Labute approximate surface area is 125 Å². The summed E-state index contributed by atoms with van der Waals surface area (Å²) in [6, 6.07) is 0. The Balaban J connectivity index is 2.13. The molecular weight excluding hydrogens is 290 g/mol. The number of sulfonamides is 1. The smallest absolute Gasteiger partial charge is 0.274 e. The van der Waals surface area contributed by atoms with E-state index < -0.39 is 15.9 Å². The molecule has 21 heavy (non-hydrogen) atoms. The van der Waals surface area contributed by atoms with Crippen LogP contribution in [0.4, 0.5) is 0 Å². The van der Waals surface area contributed by atoms with Crippen molar-refractivity contribution < 1.29 is 13.2 Å². The molecule has 6 nitrogen and oxygen atoms in total. The van der Waals surface area contributed by atoms with E-state index in [9.17, 15) is 13.2 Å². The van der Waals surface area contributed by atoms with E-state index in [0.717, 1.165) is 25.7 Å². The fourth-order valence-electron chi connectivity index (χ4n) is 2.61. The molecule has 0 saturated heterocycles. The Hall–Kier alpha value is -1.63. The van der Waals surface area contributed by atoms with Gasteiger partial charge in [-0.05, 0) is 39.0 Å². The average molecular weight is 311 g/mol. The molecule has 0 aromatic carbocycles. The van der Waals surface area contributed by atoms with E-state index in [2.05, 4.69) is 22.0 Å². The molecule has 0 spiro atoms. The van der Waals surface area contributed by atoms with Crippen molar-refractivity contribution >= 4 is 15.9 Å². The lowest BCUT2D eigenvalue weighted by molar-refractivity contribution is -0.123. The molecule has 1 aromatic heterocycles. The van der Waals surface area contributed by atoms with Gasteiger partial charge in [0.15, 0.2) is 5.03 Å². The molecule has 0 aliphatic heterocycles. The minimum atomic E-state index is -3.86. The maximum Gasteiger partial charge on any atom is 0.281 e. The number of amides is 1. The molecule has 1 aromatic rings. The monoisotopic (exact) mass is 311 g/mol. The first-order valence-electron chi connectivity index (χ1n) is 7.12. The number of hydrogen-bond donors (Lipinski definition) is 1. The lowest BCUT2D eigenvalue weighted by Gasteiger charge is -2.17. The number of allylic oxidation sites excluding steroid dienone is 2. The predicted molar refractivity (Wildman–Crippen MR) is 79.0 cm³/mol. The first kappa shape index (κ1) is 15.8. The molecule has 1 heterocycles. The summed E-state index contributed by atoms with van der Waals surface area (Å²) >= 11 is 0. The van der Waals surface area contributed by atoms with Crippen LogP contribution in [-0.4, -0.2) is 24.1 Å². The highest BCUT2D eigenvalue weighted by atomic mass is 32.2. The minimum absolute atomic E-state index is 0.0431. The number of carbonyl (C=O) groups excluding carboxylic acids is 1. The molecule has 1 aliphatic rings. The van der Waals surface area contributed by atoms with E-state index in [-0.39, 0.29) is 10.9 Å². The number of carbonyl (C=O) groups is 1. The van der Waals surface area contributed by atoms with Gasteiger partial charge in [0.2, 0.25) is 5.91 Å². The van der Waals surface area contributed by atoms with Gasteiger partial charge in [-0.15, -0.1) is 0 Å². The number of nitrogens with one attached hydrogen (secondary N) is 1. The van der Waals surface area contributed by atoms with Crippen molar-refractivity contribution in [3.8, 4) is 0 Å². The van der Waals surface area contributed by atoms with Crippen molar-refractivity contribution in [1.82, 2.24) is 14.5 Å². The second-order valence-electron chi connectivity index (χ2n) is 5.40. The van der Waals surface area contributed by atoms with Crippen LogP contribution in [0.1, 0.15) is 37.7 Å². The summed E-state index contributed by atoms with van der Waals surface area (Å²) in [5, 5.41) is 3.95. The Kier molecular flexibility index (Phi) is 4.82. The molecular formula is C14H21N3O3S. The summed E-state index contributed by atoms with van der Waals surface area (Å²) in [5.74, 6) is -0.663. The standard InChI is InChI=1S/C14H21N3O3S/c1-11-10-15-17(2)14(11)21(19,20)16-13(18)12-8-6-4-3-5-7-9-12/h3-4,10,12H,5-9H2,1-2H3,(H,16,18)/b4-3-. The summed E-state index contributed by atoms with van der Waals surface area (Å²) in [5.41, 5.74) is 0.526. The van der Waals surface area contributed by atoms with Crippen LogP contribution in [-0.2, 0) is 21.9 Å². The van der Waals surface area contributed by atoms with E-state index >= 15 is 0 Å². The Morgan fingerprint density at radius 3 is 2.71 bits per heavy atom. The third-order valence-electron chi connectivity index (χ3n) is 3.69. The third-order valence-corrected chi connectivity index (χ3v) is 5.25. The first-order valence-corrected chi connectivity index (χ1v) is 8.60. The van der Waals surface area contributed by atoms with E-state index in [1.807, 2.05) is 0 Å². The molecule has 1 N–H and O–H groups in total. The molecule has 1 unspecified atom stereocenters. The van der Waals surface area contributed by atoms with Gasteiger partial charge >= 0.3 is 0 Å². The molecule has 1 aliphatic carbocycles. The summed E-state index contributed by atoms with van der Waals surface area (Å²) in [6.45, 7) is 1.66. The van der Waals surface area contributed by atoms with Gasteiger partial charge in [0.05, 0.1) is 6.20 Å². The lowest BCUT2D eigenvalue weighted by Crippen LogP contribution is -2.37. The molecule has 0 radical (unpaired) electrons. The molecule has 1 amide bonds. The number of aromatic nitrogens is 2. The van der Waals surface area contributed by atoms with Gasteiger partial charge in [-0.2, -0.15) is 13.5 Å². The van der Waals surface area contributed by atoms with Crippen LogP contribution >= 0.6 is 0 Å². The molecule has 0 bridgehead atoms. The number of rotatable bonds is 3. The zero-order chi connectivity index (χ0) is 15.5. The lowest BCUT2D eigenvalue weighted by atomic mass is 9.94. The highest BCUT2D eigenvalue weighted by Crippen LogP contribution is 2.20. The molecule has 7 heteroatoms. The fourth-order valence-corrected chi connectivity index (χ4v) is 4.01. The molecule has 1 atom stereocenters. The largest absolute Gasteiger partial charge is 0.281 e. The van der Waals surface area contributed by atoms with Crippen LogP contribution in [0.3, 0.4) is 0 Å². The van der Waals surface area contributed by atoms with E-state index in [0.29, 0.717) is 12.0 Å². The van der Waals surface area contributed by atoms with Crippen LogP contribution in [0.5, 0.6) is 0 Å². The number of nitrogens with zero attached hydrogens (tertiary/aromatic N) is 2. The zero-order valence-corrected chi connectivity index (χ0v) is 13.2. The van der Waals surface area contributed by atoms with Gasteiger partial charge < -0.3 is 0 Å². The second kappa shape index (κ2) is 6.43. The fraction of sp³-hybridized carbons (Fsp3) is 0.571. The first-order chi connectivity index (χ1) is 9.92. The van der Waals surface area contributed by atoms with Crippen LogP contribution in [0.2, 0.25) is 0 Å². The van der Waals surface area contributed by atoms with Crippen molar-refractivity contribution in [2.24, 2.45) is 13.0 Å².